The molecular formula is C20H29N3O5. The minimum Gasteiger partial charge on any atom is -0.494 e. The van der Waals surface area contributed by atoms with Crippen LogP contribution < -0.4 is 24.8 Å². The summed E-state index contributed by atoms with van der Waals surface area (Å²) >= 11 is 0. The first kappa shape index (κ1) is 20.1. The van der Waals surface area contributed by atoms with Crippen LogP contribution in [0, 0.1) is 0 Å². The summed E-state index contributed by atoms with van der Waals surface area (Å²) in [4.78, 5) is 14.6. The molecule has 154 valence electrons. The van der Waals surface area contributed by atoms with Gasteiger partial charge in [0, 0.05) is 13.1 Å². The third kappa shape index (κ3) is 4.27. The zero-order chi connectivity index (χ0) is 19.9. The number of hydrogen-bond donors (Lipinski definition) is 2. The number of carbonyl (C=O) groups is 1. The van der Waals surface area contributed by atoms with Crippen molar-refractivity contribution in [2.45, 2.75) is 26.2 Å². The van der Waals surface area contributed by atoms with Gasteiger partial charge in [0.1, 0.15) is 12.3 Å². The third-order valence-electron chi connectivity index (χ3n) is 4.86. The number of likely N-dealkylation sites (tertiary alicyclic amines) is 1. The van der Waals surface area contributed by atoms with E-state index in [1.165, 1.54) is 19.3 Å². The van der Waals surface area contributed by atoms with Crippen LogP contribution in [0.4, 0.5) is 10.5 Å². The first-order valence-electron chi connectivity index (χ1n) is 9.74. The molecule has 1 fully saturated rings. The van der Waals surface area contributed by atoms with Crippen LogP contribution >= 0.6 is 0 Å². The summed E-state index contributed by atoms with van der Waals surface area (Å²) in [6.07, 6.45) is 5.29. The van der Waals surface area contributed by atoms with Crippen molar-refractivity contribution in [2.75, 3.05) is 52.3 Å². The van der Waals surface area contributed by atoms with Gasteiger partial charge in [0.15, 0.2) is 17.1 Å². The smallest absolute Gasteiger partial charge is 0.319 e. The van der Waals surface area contributed by atoms with E-state index in [-0.39, 0.29) is 6.03 Å². The largest absolute Gasteiger partial charge is 0.494 e. The van der Waals surface area contributed by atoms with Gasteiger partial charge in [-0.05, 0) is 38.9 Å². The predicted molar refractivity (Wildman–Crippen MR) is 108 cm³/mol. The molecule has 8 nitrogen and oxygen atoms in total. The van der Waals surface area contributed by atoms with Gasteiger partial charge in [-0.3, -0.25) is 4.90 Å². The molecule has 1 aliphatic rings. The van der Waals surface area contributed by atoms with E-state index >= 15 is 0 Å². The van der Waals surface area contributed by atoms with Crippen LogP contribution in [0.15, 0.2) is 16.7 Å². The van der Waals surface area contributed by atoms with Crippen LogP contribution in [0.3, 0.4) is 0 Å². The number of nitrogens with one attached hydrogen (secondary N) is 2. The fourth-order valence-corrected chi connectivity index (χ4v) is 3.55. The van der Waals surface area contributed by atoms with E-state index < -0.39 is 0 Å². The highest BCUT2D eigenvalue weighted by Crippen LogP contribution is 2.49. The van der Waals surface area contributed by atoms with E-state index in [4.69, 9.17) is 18.6 Å². The quantitative estimate of drug-likeness (QED) is 0.717. The van der Waals surface area contributed by atoms with Crippen LogP contribution in [0.2, 0.25) is 0 Å². The average molecular weight is 391 g/mol. The maximum Gasteiger partial charge on any atom is 0.319 e. The van der Waals surface area contributed by atoms with Crippen molar-refractivity contribution in [2.24, 2.45) is 0 Å². The Hall–Kier alpha value is -2.61. The maximum absolute atomic E-state index is 12.2. The third-order valence-corrected chi connectivity index (χ3v) is 4.86. The van der Waals surface area contributed by atoms with Gasteiger partial charge in [0.25, 0.3) is 0 Å². The lowest BCUT2D eigenvalue weighted by atomic mass is 10.1. The van der Waals surface area contributed by atoms with E-state index in [9.17, 15) is 4.79 Å². The summed E-state index contributed by atoms with van der Waals surface area (Å²) < 4.78 is 22.9. The van der Waals surface area contributed by atoms with Crippen molar-refractivity contribution in [3.05, 3.63) is 12.3 Å². The zero-order valence-corrected chi connectivity index (χ0v) is 16.8. The molecule has 1 aromatic carbocycles. The van der Waals surface area contributed by atoms with Crippen molar-refractivity contribution >= 4 is 22.7 Å². The molecule has 2 aromatic rings. The van der Waals surface area contributed by atoms with Crippen LogP contribution in [-0.4, -0.2) is 57.9 Å². The number of carbonyl (C=O) groups excluding carboxylic acids is 1. The molecule has 1 aliphatic heterocycles. The number of furan rings is 1. The lowest BCUT2D eigenvalue weighted by molar-refractivity contribution is 0.181. The topological polar surface area (TPSA) is 85.2 Å². The number of rotatable bonds is 8. The number of urea groups is 1. The Bertz CT molecular complexity index is 799. The molecule has 2 amide bonds. The van der Waals surface area contributed by atoms with Gasteiger partial charge in [-0.25, -0.2) is 4.79 Å². The Balaban J connectivity index is 1.92. The van der Waals surface area contributed by atoms with E-state index in [0.717, 1.165) is 19.6 Å². The van der Waals surface area contributed by atoms with Crippen LogP contribution in [0.5, 0.6) is 17.2 Å². The molecule has 0 spiro atoms. The summed E-state index contributed by atoms with van der Waals surface area (Å²) in [7, 11) is 3.10. The Morgan fingerprint density at radius 2 is 1.89 bits per heavy atom. The van der Waals surface area contributed by atoms with Crippen LogP contribution in [0.25, 0.3) is 11.0 Å². The second kappa shape index (κ2) is 9.54. The number of anilines is 1. The molecule has 1 saturated heterocycles. The van der Waals surface area contributed by atoms with Gasteiger partial charge in [0.2, 0.25) is 5.75 Å². The van der Waals surface area contributed by atoms with Crippen molar-refractivity contribution in [1.82, 2.24) is 10.2 Å². The van der Waals surface area contributed by atoms with Gasteiger partial charge >= 0.3 is 6.03 Å². The lowest BCUT2D eigenvalue weighted by Gasteiger charge is -2.26. The number of benzene rings is 1. The number of nitrogens with zero attached hydrogens (tertiary/aromatic N) is 1. The van der Waals surface area contributed by atoms with Gasteiger partial charge in [0.05, 0.1) is 25.9 Å². The molecule has 28 heavy (non-hydrogen) atoms. The summed E-state index contributed by atoms with van der Waals surface area (Å²) in [6.45, 7) is 5.81. The molecule has 0 aliphatic carbocycles. The maximum atomic E-state index is 12.2. The molecule has 2 N–H and O–H groups in total. The fraction of sp³-hybridized carbons (Fsp3) is 0.550. The summed E-state index contributed by atoms with van der Waals surface area (Å²) in [5.41, 5.74) is 0.951. The molecule has 1 aromatic heterocycles. The van der Waals surface area contributed by atoms with Crippen molar-refractivity contribution in [3.8, 4) is 17.2 Å². The number of fused-ring (bicyclic) bond motifs is 1. The Labute approximate surface area is 165 Å². The van der Waals surface area contributed by atoms with Gasteiger partial charge < -0.3 is 29.3 Å². The number of piperidine rings is 1. The Morgan fingerprint density at radius 1 is 1.14 bits per heavy atom. The van der Waals surface area contributed by atoms with Gasteiger partial charge in [-0.2, -0.15) is 0 Å². The minimum absolute atomic E-state index is 0.341. The Kier molecular flexibility index (Phi) is 6.86. The summed E-state index contributed by atoms with van der Waals surface area (Å²) in [5, 5.41) is 6.27. The summed E-state index contributed by atoms with van der Waals surface area (Å²) in [6, 6.07) is 1.43. The average Bonchev–Trinajstić information content (AvgIpc) is 3.18. The van der Waals surface area contributed by atoms with Crippen molar-refractivity contribution < 1.29 is 23.4 Å². The molecule has 0 unspecified atom stereocenters. The second-order valence-corrected chi connectivity index (χ2v) is 6.67. The first-order valence-corrected chi connectivity index (χ1v) is 9.74. The van der Waals surface area contributed by atoms with E-state index in [1.54, 1.807) is 26.5 Å². The number of hydrogen-bond acceptors (Lipinski definition) is 6. The van der Waals surface area contributed by atoms with Gasteiger partial charge in [-0.15, -0.1) is 0 Å². The number of amides is 2. The normalized spacial score (nSPS) is 14.7. The highest BCUT2D eigenvalue weighted by molar-refractivity contribution is 6.03. The van der Waals surface area contributed by atoms with E-state index in [2.05, 4.69) is 15.5 Å². The Morgan fingerprint density at radius 3 is 2.57 bits per heavy atom. The summed E-state index contributed by atoms with van der Waals surface area (Å²) in [5.74, 6) is 1.32. The fourth-order valence-electron chi connectivity index (χ4n) is 3.55. The number of ether oxygens (including phenoxy) is 3. The lowest BCUT2D eigenvalue weighted by Crippen LogP contribution is -2.33. The van der Waals surface area contributed by atoms with Crippen LogP contribution in [-0.2, 0) is 0 Å². The minimum atomic E-state index is -0.341. The predicted octanol–water partition coefficient (Wildman–Crippen LogP) is 3.46. The van der Waals surface area contributed by atoms with E-state index in [0.29, 0.717) is 47.1 Å². The molecule has 8 heteroatoms. The standard InChI is InChI=1S/C20H29N3O5/c1-4-21-20(24)22-15-16(25-2)14-8-12-27-17(14)19(26-3)18(15)28-13-11-23-9-6-5-7-10-23/h8,12H,4-7,9-11,13H2,1-3H3,(H2,21,22,24). The molecule has 0 radical (unpaired) electrons. The molecule has 2 heterocycles. The zero-order valence-electron chi connectivity index (χ0n) is 16.8. The SMILES string of the molecule is CCNC(=O)Nc1c(OCCN2CCCCC2)c(OC)c2occc2c1OC. The monoisotopic (exact) mass is 391 g/mol. The molecule has 3 rings (SSSR count). The van der Waals surface area contributed by atoms with Crippen molar-refractivity contribution in [3.63, 3.8) is 0 Å². The van der Waals surface area contributed by atoms with Crippen molar-refractivity contribution in [1.29, 1.82) is 0 Å². The first-order chi connectivity index (χ1) is 13.7. The highest BCUT2D eigenvalue weighted by atomic mass is 16.5. The van der Waals surface area contributed by atoms with Crippen LogP contribution in [0.1, 0.15) is 26.2 Å². The van der Waals surface area contributed by atoms with Gasteiger partial charge in [-0.1, -0.05) is 6.42 Å². The second-order valence-electron chi connectivity index (χ2n) is 6.67. The molecular weight excluding hydrogens is 362 g/mol. The molecule has 0 saturated carbocycles. The number of methoxy groups -OCH3 is 2. The molecule has 0 bridgehead atoms. The molecule has 0 atom stereocenters. The van der Waals surface area contributed by atoms with E-state index in [1.807, 2.05) is 6.92 Å². The highest BCUT2D eigenvalue weighted by Gasteiger charge is 2.26.